The van der Waals surface area contributed by atoms with Crippen molar-refractivity contribution in [3.05, 3.63) is 92.2 Å². The van der Waals surface area contributed by atoms with Crippen LogP contribution < -0.4 is 5.32 Å². The molecule has 4 nitrogen and oxygen atoms in total. The molecule has 35 heavy (non-hydrogen) atoms. The molecule has 1 N–H and O–H groups in total. The number of para-hydroxylation sites is 1. The SMILES string of the molecule is O=C(Nc1ccccc1C(F)(F)F)N1Cc2c(sc3c2CCCC3)-n2cccc2C1c1cccs1. The third-order valence-electron chi connectivity index (χ3n) is 6.73. The average molecular weight is 514 g/mol. The van der Waals surface area contributed by atoms with Gasteiger partial charge in [-0.3, -0.25) is 0 Å². The highest BCUT2D eigenvalue weighted by Gasteiger charge is 2.38. The molecule has 0 radical (unpaired) electrons. The normalized spacial score (nSPS) is 17.3. The lowest BCUT2D eigenvalue weighted by Crippen LogP contribution is -2.38. The Morgan fingerprint density at radius 2 is 1.83 bits per heavy atom. The standard InChI is InChI=1S/C26H22F3N3OS2/c27-26(28,29)18-8-2-3-9-19(18)30-25(33)32-15-17-16-7-1-4-11-21(16)35-24(17)31-13-5-10-20(31)23(32)22-12-6-14-34-22/h2-3,5-6,8-10,12-14,23H,1,4,7,11,15H2,(H,30,33). The summed E-state index contributed by atoms with van der Waals surface area (Å²) in [5, 5.41) is 5.67. The molecule has 0 bridgehead atoms. The van der Waals surface area contributed by atoms with Gasteiger partial charge in [0.1, 0.15) is 11.0 Å². The lowest BCUT2D eigenvalue weighted by Gasteiger charge is -2.31. The number of carbonyl (C=O) groups is 1. The highest BCUT2D eigenvalue weighted by atomic mass is 32.1. The Kier molecular flexibility index (Phi) is 5.49. The smallest absolute Gasteiger partial charge is 0.310 e. The summed E-state index contributed by atoms with van der Waals surface area (Å²) in [4.78, 5) is 17.8. The van der Waals surface area contributed by atoms with Crippen LogP contribution in [0.5, 0.6) is 0 Å². The first-order valence-electron chi connectivity index (χ1n) is 11.5. The van der Waals surface area contributed by atoms with Gasteiger partial charge in [0.2, 0.25) is 0 Å². The Balaban J connectivity index is 1.47. The fourth-order valence-corrected chi connectivity index (χ4v) is 7.41. The molecule has 1 aliphatic heterocycles. The van der Waals surface area contributed by atoms with E-state index in [1.807, 2.05) is 35.8 Å². The molecular weight excluding hydrogens is 491 g/mol. The summed E-state index contributed by atoms with van der Waals surface area (Å²) in [5.74, 6) is 0. The van der Waals surface area contributed by atoms with Crippen LogP contribution in [0.2, 0.25) is 0 Å². The molecule has 1 unspecified atom stereocenters. The number of hydrogen-bond acceptors (Lipinski definition) is 3. The van der Waals surface area contributed by atoms with Crippen molar-refractivity contribution in [2.75, 3.05) is 5.32 Å². The lowest BCUT2D eigenvalue weighted by atomic mass is 9.95. The second-order valence-electron chi connectivity index (χ2n) is 8.82. The highest BCUT2D eigenvalue weighted by Crippen LogP contribution is 2.45. The van der Waals surface area contributed by atoms with Crippen molar-refractivity contribution in [1.82, 2.24) is 9.47 Å². The van der Waals surface area contributed by atoms with Crippen LogP contribution in [-0.4, -0.2) is 15.5 Å². The van der Waals surface area contributed by atoms with E-state index in [0.717, 1.165) is 52.9 Å². The summed E-state index contributed by atoms with van der Waals surface area (Å²) in [5.41, 5.74) is 2.26. The fourth-order valence-electron chi connectivity index (χ4n) is 5.16. The second kappa shape index (κ2) is 8.57. The number of urea groups is 1. The highest BCUT2D eigenvalue weighted by molar-refractivity contribution is 7.15. The Morgan fingerprint density at radius 1 is 1.00 bits per heavy atom. The van der Waals surface area contributed by atoms with Gasteiger partial charge in [0.05, 0.1) is 23.5 Å². The molecule has 3 aromatic heterocycles. The van der Waals surface area contributed by atoms with Crippen LogP contribution in [0.4, 0.5) is 23.7 Å². The van der Waals surface area contributed by atoms with Crippen molar-refractivity contribution in [2.45, 2.75) is 44.4 Å². The van der Waals surface area contributed by atoms with Gasteiger partial charge in [0.15, 0.2) is 0 Å². The molecule has 2 amide bonds. The summed E-state index contributed by atoms with van der Waals surface area (Å²) >= 11 is 3.32. The molecule has 2 aliphatic rings. The third kappa shape index (κ3) is 3.87. The van der Waals surface area contributed by atoms with Crippen LogP contribution in [0, 0.1) is 0 Å². The van der Waals surface area contributed by atoms with Gasteiger partial charge in [-0.1, -0.05) is 18.2 Å². The number of aryl methyl sites for hydroxylation is 1. The maximum atomic E-state index is 13.8. The molecule has 4 heterocycles. The van der Waals surface area contributed by atoms with E-state index >= 15 is 0 Å². The minimum absolute atomic E-state index is 0.234. The number of aromatic nitrogens is 1. The number of anilines is 1. The number of halogens is 3. The number of hydrogen-bond donors (Lipinski definition) is 1. The van der Waals surface area contributed by atoms with Crippen molar-refractivity contribution >= 4 is 34.4 Å². The zero-order valence-electron chi connectivity index (χ0n) is 18.6. The molecule has 0 saturated heterocycles. The Hall–Kier alpha value is -3.04. The number of thiophene rings is 2. The number of benzene rings is 1. The number of rotatable bonds is 2. The first kappa shape index (κ1) is 22.4. The third-order valence-corrected chi connectivity index (χ3v) is 8.98. The largest absolute Gasteiger partial charge is 0.418 e. The van der Waals surface area contributed by atoms with Crippen molar-refractivity contribution in [1.29, 1.82) is 0 Å². The quantitative estimate of drug-likeness (QED) is 0.294. The van der Waals surface area contributed by atoms with Crippen molar-refractivity contribution < 1.29 is 18.0 Å². The van der Waals surface area contributed by atoms with Gasteiger partial charge in [0.25, 0.3) is 0 Å². The van der Waals surface area contributed by atoms with E-state index in [1.54, 1.807) is 16.2 Å². The summed E-state index contributed by atoms with van der Waals surface area (Å²) in [7, 11) is 0. The van der Waals surface area contributed by atoms with Crippen molar-refractivity contribution in [2.24, 2.45) is 0 Å². The predicted octanol–water partition coefficient (Wildman–Crippen LogP) is 7.64. The predicted molar refractivity (Wildman–Crippen MR) is 132 cm³/mol. The number of alkyl halides is 3. The van der Waals surface area contributed by atoms with Gasteiger partial charge >= 0.3 is 12.2 Å². The number of amides is 2. The van der Waals surface area contributed by atoms with E-state index in [0.29, 0.717) is 6.54 Å². The molecule has 1 aliphatic carbocycles. The van der Waals surface area contributed by atoms with Crippen molar-refractivity contribution in [3.63, 3.8) is 0 Å². The molecule has 1 atom stereocenters. The Labute approximate surface area is 208 Å². The van der Waals surface area contributed by atoms with Gasteiger partial charge in [-0.15, -0.1) is 22.7 Å². The van der Waals surface area contributed by atoms with Crippen LogP contribution in [0.1, 0.15) is 51.0 Å². The van der Waals surface area contributed by atoms with E-state index in [9.17, 15) is 18.0 Å². The van der Waals surface area contributed by atoms with E-state index in [-0.39, 0.29) is 5.69 Å². The molecule has 0 fully saturated rings. The van der Waals surface area contributed by atoms with Crippen LogP contribution in [0.25, 0.3) is 5.00 Å². The van der Waals surface area contributed by atoms with Crippen LogP contribution >= 0.6 is 22.7 Å². The number of nitrogens with zero attached hydrogens (tertiary/aromatic N) is 2. The fraction of sp³-hybridized carbons (Fsp3) is 0.269. The minimum Gasteiger partial charge on any atom is -0.310 e. The molecule has 4 aromatic rings. The van der Waals surface area contributed by atoms with E-state index in [2.05, 4.69) is 9.88 Å². The van der Waals surface area contributed by atoms with Gasteiger partial charge in [-0.2, -0.15) is 13.2 Å². The van der Waals surface area contributed by atoms with Gasteiger partial charge < -0.3 is 14.8 Å². The molecule has 0 saturated carbocycles. The summed E-state index contributed by atoms with van der Waals surface area (Å²) in [6.45, 7) is 0.339. The minimum atomic E-state index is -4.57. The Bertz CT molecular complexity index is 1390. The summed E-state index contributed by atoms with van der Waals surface area (Å²) in [6.07, 6.45) is 1.72. The van der Waals surface area contributed by atoms with E-state index in [1.165, 1.54) is 40.0 Å². The van der Waals surface area contributed by atoms with Crippen LogP contribution in [0.15, 0.2) is 60.1 Å². The van der Waals surface area contributed by atoms with E-state index in [4.69, 9.17) is 0 Å². The topological polar surface area (TPSA) is 37.3 Å². The average Bonchev–Trinajstić information content (AvgIpc) is 3.58. The molecule has 0 spiro atoms. The summed E-state index contributed by atoms with van der Waals surface area (Å²) < 4.78 is 43.1. The second-order valence-corrected chi connectivity index (χ2v) is 10.9. The maximum absolute atomic E-state index is 13.8. The number of carbonyl (C=O) groups excluding carboxylic acids is 1. The van der Waals surface area contributed by atoms with Gasteiger partial charge in [-0.05, 0) is 67.0 Å². The molecule has 9 heteroatoms. The number of nitrogens with one attached hydrogen (secondary N) is 1. The number of fused-ring (bicyclic) bond motifs is 5. The van der Waals surface area contributed by atoms with Crippen molar-refractivity contribution in [3.8, 4) is 5.00 Å². The Morgan fingerprint density at radius 3 is 2.63 bits per heavy atom. The molecule has 6 rings (SSSR count). The maximum Gasteiger partial charge on any atom is 0.418 e. The molecule has 1 aromatic carbocycles. The van der Waals surface area contributed by atoms with Crippen LogP contribution in [0.3, 0.4) is 0 Å². The van der Waals surface area contributed by atoms with Gasteiger partial charge in [0, 0.05) is 21.5 Å². The van der Waals surface area contributed by atoms with E-state index < -0.39 is 23.8 Å². The first-order valence-corrected chi connectivity index (χ1v) is 13.2. The zero-order valence-corrected chi connectivity index (χ0v) is 20.3. The molecular formula is C26H22F3N3OS2. The molecule has 180 valence electrons. The summed E-state index contributed by atoms with van der Waals surface area (Å²) in [6, 6.07) is 12.1. The van der Waals surface area contributed by atoms with Crippen LogP contribution in [-0.2, 0) is 25.6 Å². The lowest BCUT2D eigenvalue weighted by molar-refractivity contribution is -0.136. The monoisotopic (exact) mass is 513 g/mol. The van der Waals surface area contributed by atoms with Gasteiger partial charge in [-0.25, -0.2) is 4.79 Å². The zero-order chi connectivity index (χ0) is 24.2. The first-order chi connectivity index (χ1) is 16.9.